The fraction of sp³-hybridized carbons (Fsp3) is 0.588. The molecule has 0 N–H and O–H groups in total. The average Bonchev–Trinajstić information content (AvgIpc) is 2.81. The highest BCUT2D eigenvalue weighted by Crippen LogP contribution is 2.37. The molecule has 0 aliphatic carbocycles. The van der Waals surface area contributed by atoms with Gasteiger partial charge >= 0.3 is 5.97 Å². The van der Waals surface area contributed by atoms with Crippen LogP contribution in [-0.2, 0) is 28.8 Å². The Morgan fingerprint density at radius 3 is 2.17 bits per heavy atom. The molecule has 1 aromatic rings. The first-order valence-corrected chi connectivity index (χ1v) is 9.41. The van der Waals surface area contributed by atoms with Crippen LogP contribution in [0.1, 0.15) is 34.6 Å². The van der Waals surface area contributed by atoms with Gasteiger partial charge in [0.05, 0.1) is 11.0 Å². The van der Waals surface area contributed by atoms with Crippen LogP contribution in [0.4, 0.5) is 0 Å². The summed E-state index contributed by atoms with van der Waals surface area (Å²) in [6.45, 7) is 8.41. The van der Waals surface area contributed by atoms with E-state index in [0.29, 0.717) is 0 Å². The highest BCUT2D eigenvalue weighted by molar-refractivity contribution is 7.92. The molecule has 0 unspecified atom stereocenters. The van der Waals surface area contributed by atoms with E-state index in [0.717, 1.165) is 0 Å². The zero-order valence-corrected chi connectivity index (χ0v) is 15.4. The van der Waals surface area contributed by atoms with E-state index in [1.165, 1.54) is 19.1 Å². The average molecular weight is 356 g/mol. The molecule has 7 heteroatoms. The first kappa shape index (κ1) is 18.9. The molecule has 6 nitrogen and oxygen atoms in total. The fourth-order valence-corrected chi connectivity index (χ4v) is 4.39. The lowest BCUT2D eigenvalue weighted by atomic mass is 10.0. The minimum absolute atomic E-state index is 0.0131. The van der Waals surface area contributed by atoms with Crippen molar-refractivity contribution in [2.45, 2.75) is 62.9 Å². The van der Waals surface area contributed by atoms with E-state index in [1.807, 2.05) is 13.8 Å². The molecule has 1 fully saturated rings. The van der Waals surface area contributed by atoms with E-state index >= 15 is 0 Å². The maximum atomic E-state index is 13.0. The van der Waals surface area contributed by atoms with E-state index in [9.17, 15) is 13.2 Å². The number of ether oxygens (including phenoxy) is 3. The topological polar surface area (TPSA) is 78.9 Å². The molecule has 0 aromatic heterocycles. The summed E-state index contributed by atoms with van der Waals surface area (Å²) >= 11 is 0. The molecule has 0 bridgehead atoms. The fourth-order valence-electron chi connectivity index (χ4n) is 2.76. The SMILES string of the molecule is CC(=O)O[C@H]([C@H]1OC(C)(C)O[C@@H]1C(C)C)S(=O)(=O)c1ccccc1. The van der Waals surface area contributed by atoms with Crippen LogP contribution in [0.2, 0.25) is 0 Å². The van der Waals surface area contributed by atoms with Crippen LogP contribution in [0.3, 0.4) is 0 Å². The normalized spacial score (nSPS) is 24.8. The highest BCUT2D eigenvalue weighted by Gasteiger charge is 2.52. The molecule has 1 saturated heterocycles. The number of carbonyl (C=O) groups excluding carboxylic acids is 1. The Morgan fingerprint density at radius 1 is 1.12 bits per heavy atom. The van der Waals surface area contributed by atoms with Gasteiger partial charge in [-0.05, 0) is 31.9 Å². The molecule has 0 radical (unpaired) electrons. The summed E-state index contributed by atoms with van der Waals surface area (Å²) in [5.41, 5.74) is -1.47. The predicted molar refractivity (Wildman–Crippen MR) is 87.8 cm³/mol. The molecule has 0 amide bonds. The summed E-state index contributed by atoms with van der Waals surface area (Å²) in [6.07, 6.45) is -1.42. The van der Waals surface area contributed by atoms with Gasteiger partial charge in [0.1, 0.15) is 6.10 Å². The van der Waals surface area contributed by atoms with Crippen molar-refractivity contribution in [1.82, 2.24) is 0 Å². The van der Waals surface area contributed by atoms with E-state index in [4.69, 9.17) is 14.2 Å². The summed E-state index contributed by atoms with van der Waals surface area (Å²) in [7, 11) is -3.94. The zero-order chi connectivity index (χ0) is 18.1. The van der Waals surface area contributed by atoms with Gasteiger partial charge in [-0.25, -0.2) is 8.42 Å². The van der Waals surface area contributed by atoms with E-state index in [-0.39, 0.29) is 10.8 Å². The van der Waals surface area contributed by atoms with Gasteiger partial charge in [-0.1, -0.05) is 32.0 Å². The number of hydrogen-bond acceptors (Lipinski definition) is 6. The molecule has 1 heterocycles. The molecule has 134 valence electrons. The van der Waals surface area contributed by atoms with E-state index in [2.05, 4.69) is 0 Å². The number of carbonyl (C=O) groups is 1. The van der Waals surface area contributed by atoms with Gasteiger partial charge in [-0.15, -0.1) is 0 Å². The summed E-state index contributed by atoms with van der Waals surface area (Å²) < 4.78 is 42.9. The van der Waals surface area contributed by atoms with E-state index < -0.39 is 39.2 Å². The molecule has 1 aliphatic heterocycles. The number of benzene rings is 1. The van der Waals surface area contributed by atoms with Crippen LogP contribution in [0.5, 0.6) is 0 Å². The molecule has 0 spiro atoms. The highest BCUT2D eigenvalue weighted by atomic mass is 32.2. The van der Waals surface area contributed by atoms with Gasteiger partial charge in [0.15, 0.2) is 5.79 Å². The van der Waals surface area contributed by atoms with Crippen LogP contribution < -0.4 is 0 Å². The molecule has 1 aromatic carbocycles. The van der Waals surface area contributed by atoms with Gasteiger partial charge in [0.2, 0.25) is 15.3 Å². The van der Waals surface area contributed by atoms with Crippen LogP contribution in [0, 0.1) is 5.92 Å². The van der Waals surface area contributed by atoms with Crippen molar-refractivity contribution in [3.8, 4) is 0 Å². The van der Waals surface area contributed by atoms with Gasteiger partial charge in [-0.3, -0.25) is 4.79 Å². The largest absolute Gasteiger partial charge is 0.443 e. The number of sulfone groups is 1. The lowest BCUT2D eigenvalue weighted by molar-refractivity contribution is -0.163. The van der Waals surface area contributed by atoms with Crippen LogP contribution in [-0.4, -0.2) is 37.8 Å². The Kier molecular flexibility index (Phi) is 5.37. The van der Waals surface area contributed by atoms with Crippen molar-refractivity contribution in [2.24, 2.45) is 5.92 Å². The minimum Gasteiger partial charge on any atom is -0.443 e. The smallest absolute Gasteiger partial charge is 0.304 e. The summed E-state index contributed by atoms with van der Waals surface area (Å²) in [5.74, 6) is -1.65. The van der Waals surface area contributed by atoms with Gasteiger partial charge in [-0.2, -0.15) is 0 Å². The lowest BCUT2D eigenvalue weighted by Gasteiger charge is -2.27. The second kappa shape index (κ2) is 6.82. The van der Waals surface area contributed by atoms with E-state index in [1.54, 1.807) is 32.0 Å². The molecule has 24 heavy (non-hydrogen) atoms. The van der Waals surface area contributed by atoms with Crippen molar-refractivity contribution in [1.29, 1.82) is 0 Å². The summed E-state index contributed by atoms with van der Waals surface area (Å²) in [4.78, 5) is 11.6. The maximum absolute atomic E-state index is 13.0. The van der Waals surface area contributed by atoms with Gasteiger partial charge in [0, 0.05) is 6.92 Å². The Labute approximate surface area is 143 Å². The van der Waals surface area contributed by atoms with Crippen molar-refractivity contribution in [3.05, 3.63) is 30.3 Å². The molecule has 1 aliphatic rings. The first-order chi connectivity index (χ1) is 11.0. The Balaban J connectivity index is 2.47. The molecular formula is C17H24O6S. The third-order valence-corrected chi connectivity index (χ3v) is 5.65. The molecular weight excluding hydrogens is 332 g/mol. The zero-order valence-electron chi connectivity index (χ0n) is 14.6. The quantitative estimate of drug-likeness (QED) is 0.755. The lowest BCUT2D eigenvalue weighted by Crippen LogP contribution is -2.45. The second-order valence-electron chi connectivity index (χ2n) is 6.64. The Hall–Kier alpha value is -1.44. The second-order valence-corrected chi connectivity index (χ2v) is 8.67. The van der Waals surface area contributed by atoms with Crippen molar-refractivity contribution in [2.75, 3.05) is 0 Å². The maximum Gasteiger partial charge on any atom is 0.304 e. The molecule has 0 saturated carbocycles. The predicted octanol–water partition coefficient (Wildman–Crippen LogP) is 2.53. The minimum atomic E-state index is -3.94. The number of hydrogen-bond donors (Lipinski definition) is 0. The summed E-state index contributed by atoms with van der Waals surface area (Å²) in [5, 5.41) is 0. The van der Waals surface area contributed by atoms with Crippen LogP contribution in [0.15, 0.2) is 35.2 Å². The molecule has 2 rings (SSSR count). The van der Waals surface area contributed by atoms with Crippen molar-refractivity contribution >= 4 is 15.8 Å². The number of rotatable bonds is 5. The van der Waals surface area contributed by atoms with Crippen molar-refractivity contribution < 1.29 is 27.4 Å². The monoisotopic (exact) mass is 356 g/mol. The van der Waals surface area contributed by atoms with Crippen LogP contribution in [0.25, 0.3) is 0 Å². The Morgan fingerprint density at radius 2 is 1.67 bits per heavy atom. The summed E-state index contributed by atoms with van der Waals surface area (Å²) in [6, 6.07) is 7.89. The van der Waals surface area contributed by atoms with Gasteiger partial charge in [0.25, 0.3) is 0 Å². The van der Waals surface area contributed by atoms with Crippen LogP contribution >= 0.6 is 0 Å². The molecule has 3 atom stereocenters. The third kappa shape index (κ3) is 3.96. The number of esters is 1. The van der Waals surface area contributed by atoms with Gasteiger partial charge < -0.3 is 14.2 Å². The third-order valence-electron chi connectivity index (χ3n) is 3.75. The standard InChI is InChI=1S/C17H24O6S/c1-11(2)14-15(23-17(4,5)22-14)16(21-12(3)18)24(19,20)13-9-7-6-8-10-13/h6-11,14-16H,1-5H3/t14-,15+,16+/m1/s1. The van der Waals surface area contributed by atoms with Crippen molar-refractivity contribution in [3.63, 3.8) is 0 Å². The Bertz CT molecular complexity index is 680. The first-order valence-electron chi connectivity index (χ1n) is 7.86.